The number of hydrogen-bond acceptors (Lipinski definition) is 3. The molecule has 1 aromatic carbocycles. The average molecular weight is 260 g/mol. The second kappa shape index (κ2) is 6.18. The molecular weight excluding hydrogens is 243 g/mol. The summed E-state index contributed by atoms with van der Waals surface area (Å²) in [6, 6.07) is 8.36. The number of ether oxygens (including phenoxy) is 1. The number of nitrogens with zero attached hydrogens (tertiary/aromatic N) is 1. The first-order valence-electron chi connectivity index (χ1n) is 6.27. The van der Waals surface area contributed by atoms with E-state index in [2.05, 4.69) is 10.3 Å². The zero-order valence-corrected chi connectivity index (χ0v) is 11.1. The zero-order valence-electron chi connectivity index (χ0n) is 11.1. The van der Waals surface area contributed by atoms with Crippen molar-refractivity contribution in [1.82, 2.24) is 4.98 Å². The molecule has 0 unspecified atom stereocenters. The lowest BCUT2D eigenvalue weighted by molar-refractivity contribution is 0.302. The highest BCUT2D eigenvalue weighted by molar-refractivity contribution is 5.38. The molecule has 3 nitrogen and oxygen atoms in total. The van der Waals surface area contributed by atoms with Crippen LogP contribution in [0, 0.1) is 12.7 Å². The van der Waals surface area contributed by atoms with E-state index >= 15 is 0 Å². The van der Waals surface area contributed by atoms with Crippen LogP contribution in [-0.4, -0.2) is 11.5 Å². The third kappa shape index (κ3) is 3.68. The minimum atomic E-state index is -0.288. The summed E-state index contributed by atoms with van der Waals surface area (Å²) >= 11 is 0. The molecule has 1 aromatic heterocycles. The van der Waals surface area contributed by atoms with Gasteiger partial charge in [-0.05, 0) is 43.2 Å². The molecule has 19 heavy (non-hydrogen) atoms. The Labute approximate surface area is 112 Å². The summed E-state index contributed by atoms with van der Waals surface area (Å²) in [6.45, 7) is 5.12. The molecule has 100 valence electrons. The van der Waals surface area contributed by atoms with Crippen LogP contribution in [-0.2, 0) is 6.61 Å². The van der Waals surface area contributed by atoms with Gasteiger partial charge in [-0.15, -0.1) is 0 Å². The maximum Gasteiger partial charge on any atom is 0.126 e. The summed E-state index contributed by atoms with van der Waals surface area (Å²) in [5.41, 5.74) is 1.91. The van der Waals surface area contributed by atoms with Crippen molar-refractivity contribution >= 4 is 5.82 Å². The number of benzene rings is 1. The van der Waals surface area contributed by atoms with Crippen LogP contribution in [0.1, 0.15) is 18.1 Å². The molecule has 0 saturated heterocycles. The smallest absolute Gasteiger partial charge is 0.126 e. The molecule has 0 bridgehead atoms. The molecule has 0 aliphatic rings. The normalized spacial score (nSPS) is 10.3. The number of anilines is 1. The van der Waals surface area contributed by atoms with Gasteiger partial charge in [-0.2, -0.15) is 0 Å². The van der Waals surface area contributed by atoms with Crippen LogP contribution in [0.25, 0.3) is 0 Å². The molecule has 0 radical (unpaired) electrons. The highest BCUT2D eigenvalue weighted by Crippen LogP contribution is 2.20. The molecule has 2 aromatic rings. The third-order valence-corrected chi connectivity index (χ3v) is 2.73. The molecule has 2 rings (SSSR count). The van der Waals surface area contributed by atoms with Gasteiger partial charge in [-0.25, -0.2) is 9.37 Å². The van der Waals surface area contributed by atoms with Crippen molar-refractivity contribution in [3.8, 4) is 5.75 Å². The minimum absolute atomic E-state index is 0.288. The lowest BCUT2D eigenvalue weighted by atomic mass is 10.2. The van der Waals surface area contributed by atoms with Crippen molar-refractivity contribution in [1.29, 1.82) is 0 Å². The molecule has 0 aliphatic carbocycles. The van der Waals surface area contributed by atoms with Gasteiger partial charge in [0, 0.05) is 18.8 Å². The van der Waals surface area contributed by atoms with Crippen molar-refractivity contribution in [2.24, 2.45) is 0 Å². The summed E-state index contributed by atoms with van der Waals surface area (Å²) in [7, 11) is 0. The average Bonchev–Trinajstić information content (AvgIpc) is 2.41. The third-order valence-electron chi connectivity index (χ3n) is 2.73. The first kappa shape index (κ1) is 13.3. The number of rotatable bonds is 5. The Morgan fingerprint density at radius 1 is 1.26 bits per heavy atom. The van der Waals surface area contributed by atoms with E-state index in [1.54, 1.807) is 12.3 Å². The van der Waals surface area contributed by atoms with Crippen molar-refractivity contribution in [2.75, 3.05) is 11.9 Å². The van der Waals surface area contributed by atoms with Crippen molar-refractivity contribution in [3.63, 3.8) is 0 Å². The monoisotopic (exact) mass is 260 g/mol. The SMILES string of the molecule is CCNc1cc(COc2cc(F)ccc2C)ccn1. The van der Waals surface area contributed by atoms with Crippen LogP contribution in [0.3, 0.4) is 0 Å². The second-order valence-electron chi connectivity index (χ2n) is 4.28. The Morgan fingerprint density at radius 2 is 2.11 bits per heavy atom. The predicted molar refractivity (Wildman–Crippen MR) is 73.9 cm³/mol. The van der Waals surface area contributed by atoms with E-state index in [0.717, 1.165) is 23.5 Å². The van der Waals surface area contributed by atoms with Crippen LogP contribution < -0.4 is 10.1 Å². The standard InChI is InChI=1S/C15H17FN2O/c1-3-17-15-8-12(6-7-18-15)10-19-14-9-13(16)5-4-11(14)2/h4-9H,3,10H2,1-2H3,(H,17,18). The van der Waals surface area contributed by atoms with Crippen molar-refractivity contribution < 1.29 is 9.13 Å². The highest BCUT2D eigenvalue weighted by Gasteiger charge is 2.03. The molecule has 4 heteroatoms. The van der Waals surface area contributed by atoms with Gasteiger partial charge in [-0.1, -0.05) is 6.07 Å². The van der Waals surface area contributed by atoms with Gasteiger partial charge in [0.05, 0.1) is 0 Å². The molecule has 0 fully saturated rings. The van der Waals surface area contributed by atoms with Gasteiger partial charge in [0.2, 0.25) is 0 Å². The van der Waals surface area contributed by atoms with Crippen LogP contribution in [0.5, 0.6) is 5.75 Å². The van der Waals surface area contributed by atoms with E-state index in [4.69, 9.17) is 4.74 Å². The number of nitrogens with one attached hydrogen (secondary N) is 1. The van der Waals surface area contributed by atoms with E-state index in [0.29, 0.717) is 12.4 Å². The van der Waals surface area contributed by atoms with Crippen LogP contribution >= 0.6 is 0 Å². The lowest BCUT2D eigenvalue weighted by Crippen LogP contribution is -2.02. The Bertz CT molecular complexity index is 558. The highest BCUT2D eigenvalue weighted by atomic mass is 19.1. The maximum atomic E-state index is 13.1. The largest absolute Gasteiger partial charge is 0.489 e. The summed E-state index contributed by atoms with van der Waals surface area (Å²) in [5, 5.41) is 3.14. The molecular formula is C15H17FN2O. The number of pyridine rings is 1. The van der Waals surface area contributed by atoms with E-state index in [1.807, 2.05) is 26.0 Å². The maximum absolute atomic E-state index is 13.1. The van der Waals surface area contributed by atoms with Gasteiger partial charge < -0.3 is 10.1 Å². The molecule has 1 N–H and O–H groups in total. The van der Waals surface area contributed by atoms with E-state index in [-0.39, 0.29) is 5.82 Å². The van der Waals surface area contributed by atoms with Gasteiger partial charge >= 0.3 is 0 Å². The molecule has 0 spiro atoms. The number of halogens is 1. The summed E-state index contributed by atoms with van der Waals surface area (Å²) in [4.78, 5) is 4.19. The molecule has 1 heterocycles. The Balaban J connectivity index is 2.05. The van der Waals surface area contributed by atoms with Crippen LogP contribution in [0.15, 0.2) is 36.5 Å². The summed E-state index contributed by atoms with van der Waals surface area (Å²) < 4.78 is 18.8. The van der Waals surface area contributed by atoms with E-state index < -0.39 is 0 Å². The Morgan fingerprint density at radius 3 is 2.89 bits per heavy atom. The topological polar surface area (TPSA) is 34.1 Å². The van der Waals surface area contributed by atoms with Gasteiger partial charge in [-0.3, -0.25) is 0 Å². The number of hydrogen-bond donors (Lipinski definition) is 1. The number of aromatic nitrogens is 1. The van der Waals surface area contributed by atoms with Crippen molar-refractivity contribution in [3.05, 3.63) is 53.5 Å². The van der Waals surface area contributed by atoms with E-state index in [9.17, 15) is 4.39 Å². The molecule has 0 atom stereocenters. The fraction of sp³-hybridized carbons (Fsp3) is 0.267. The van der Waals surface area contributed by atoms with Gasteiger partial charge in [0.1, 0.15) is 24.0 Å². The van der Waals surface area contributed by atoms with Gasteiger partial charge in [0.25, 0.3) is 0 Å². The zero-order chi connectivity index (χ0) is 13.7. The first-order valence-corrected chi connectivity index (χ1v) is 6.27. The Hall–Kier alpha value is -2.10. The van der Waals surface area contributed by atoms with Crippen LogP contribution in [0.2, 0.25) is 0 Å². The van der Waals surface area contributed by atoms with E-state index in [1.165, 1.54) is 12.1 Å². The second-order valence-corrected chi connectivity index (χ2v) is 4.28. The Kier molecular flexibility index (Phi) is 4.34. The summed E-state index contributed by atoms with van der Waals surface area (Å²) in [6.07, 6.45) is 1.73. The lowest BCUT2D eigenvalue weighted by Gasteiger charge is -2.10. The predicted octanol–water partition coefficient (Wildman–Crippen LogP) is 3.54. The molecule has 0 saturated carbocycles. The number of aryl methyl sites for hydroxylation is 1. The molecule has 0 aliphatic heterocycles. The fourth-order valence-corrected chi connectivity index (χ4v) is 1.73. The van der Waals surface area contributed by atoms with Gasteiger partial charge in [0.15, 0.2) is 0 Å². The quantitative estimate of drug-likeness (QED) is 0.892. The molecule has 0 amide bonds. The van der Waals surface area contributed by atoms with Crippen molar-refractivity contribution in [2.45, 2.75) is 20.5 Å². The minimum Gasteiger partial charge on any atom is -0.489 e. The summed E-state index contributed by atoms with van der Waals surface area (Å²) in [5.74, 6) is 1.10. The fourth-order valence-electron chi connectivity index (χ4n) is 1.73. The van der Waals surface area contributed by atoms with Crippen LogP contribution in [0.4, 0.5) is 10.2 Å². The first-order chi connectivity index (χ1) is 9.19.